The van der Waals surface area contributed by atoms with Crippen molar-refractivity contribution in [3.8, 4) is 0 Å². The van der Waals surface area contributed by atoms with Crippen LogP contribution in [0.1, 0.15) is 25.0 Å². The predicted octanol–water partition coefficient (Wildman–Crippen LogP) is 5.04. The summed E-state index contributed by atoms with van der Waals surface area (Å²) < 4.78 is 0. The Morgan fingerprint density at radius 1 is 0.909 bits per heavy atom. The fourth-order valence-electron chi connectivity index (χ4n) is 2.31. The maximum atomic E-state index is 5.73. The highest BCUT2D eigenvalue weighted by atomic mass is 14.9. The van der Waals surface area contributed by atoms with Crippen LogP contribution in [0, 0.1) is 0 Å². The van der Waals surface area contributed by atoms with E-state index >= 15 is 0 Å². The molecule has 2 aromatic carbocycles. The van der Waals surface area contributed by atoms with Gasteiger partial charge in [-0.1, -0.05) is 61.2 Å². The van der Waals surface area contributed by atoms with Crippen LogP contribution < -0.4 is 11.1 Å². The van der Waals surface area contributed by atoms with Gasteiger partial charge in [0.25, 0.3) is 0 Å². The molecular weight excluding hydrogens is 268 g/mol. The molecule has 0 aromatic heterocycles. The van der Waals surface area contributed by atoms with Gasteiger partial charge in [0.15, 0.2) is 0 Å². The number of hydrogen-bond acceptors (Lipinski definition) is 2. The number of hydrogen-bond donors (Lipinski definition) is 2. The van der Waals surface area contributed by atoms with E-state index in [0.717, 1.165) is 28.1 Å². The molecule has 0 radical (unpaired) electrons. The summed E-state index contributed by atoms with van der Waals surface area (Å²) in [6, 6.07) is 18.3. The Hall–Kier alpha value is -2.74. The maximum Gasteiger partial charge on any atom is 0.0417 e. The lowest BCUT2D eigenvalue weighted by Gasteiger charge is -2.15. The van der Waals surface area contributed by atoms with Crippen LogP contribution in [-0.2, 0) is 0 Å². The summed E-state index contributed by atoms with van der Waals surface area (Å²) in [4.78, 5) is 0. The highest BCUT2D eigenvalue weighted by Gasteiger charge is 2.07. The number of nitrogens with two attached hydrogens (primary N) is 1. The van der Waals surface area contributed by atoms with E-state index < -0.39 is 0 Å². The molecule has 0 amide bonds. The second-order valence-electron chi connectivity index (χ2n) is 5.00. The first-order valence-corrected chi connectivity index (χ1v) is 7.36. The van der Waals surface area contributed by atoms with Crippen molar-refractivity contribution in [2.24, 2.45) is 5.73 Å². The highest BCUT2D eigenvalue weighted by molar-refractivity contribution is 5.82. The van der Waals surface area contributed by atoms with E-state index in [9.17, 15) is 0 Å². The van der Waals surface area contributed by atoms with Gasteiger partial charge in [-0.15, -0.1) is 0 Å². The summed E-state index contributed by atoms with van der Waals surface area (Å²) in [5, 5.41) is 3.47. The first-order valence-electron chi connectivity index (χ1n) is 7.36. The molecule has 0 aliphatic carbocycles. The van der Waals surface area contributed by atoms with Crippen LogP contribution in [0.25, 0.3) is 11.3 Å². The van der Waals surface area contributed by atoms with Gasteiger partial charge in [0.05, 0.1) is 0 Å². The molecule has 0 saturated heterocycles. The van der Waals surface area contributed by atoms with Crippen molar-refractivity contribution in [1.29, 1.82) is 0 Å². The standard InChI is InChI=1S/C20H22N2/c1-4-19(17-13-11-16(12-14-17)15(3)21)20(5-2)22-18-9-7-6-8-10-18/h4-14,22H,3,21H2,1-2H3/b19-4-,20-5+. The van der Waals surface area contributed by atoms with E-state index in [1.54, 1.807) is 0 Å². The van der Waals surface area contributed by atoms with E-state index in [2.05, 4.69) is 48.3 Å². The molecule has 0 aliphatic heterocycles. The second-order valence-corrected chi connectivity index (χ2v) is 5.00. The van der Waals surface area contributed by atoms with Crippen LogP contribution in [0.3, 0.4) is 0 Å². The fraction of sp³-hybridized carbons (Fsp3) is 0.100. The highest BCUT2D eigenvalue weighted by Crippen LogP contribution is 2.25. The molecule has 0 spiro atoms. The molecule has 0 saturated carbocycles. The minimum atomic E-state index is 0.585. The van der Waals surface area contributed by atoms with Gasteiger partial charge in [-0.2, -0.15) is 0 Å². The van der Waals surface area contributed by atoms with E-state index in [-0.39, 0.29) is 0 Å². The topological polar surface area (TPSA) is 38.0 Å². The molecule has 0 unspecified atom stereocenters. The molecule has 2 nitrogen and oxygen atoms in total. The number of rotatable bonds is 5. The largest absolute Gasteiger partial charge is 0.399 e. The Morgan fingerprint density at radius 2 is 1.50 bits per heavy atom. The Bertz CT molecular complexity index is 692. The molecule has 0 fully saturated rings. The van der Waals surface area contributed by atoms with Crippen LogP contribution in [0.2, 0.25) is 0 Å². The zero-order valence-electron chi connectivity index (χ0n) is 13.1. The van der Waals surface area contributed by atoms with Crippen LogP contribution in [0.15, 0.2) is 79.0 Å². The van der Waals surface area contributed by atoms with Gasteiger partial charge in [-0.05, 0) is 37.1 Å². The molecule has 22 heavy (non-hydrogen) atoms. The lowest BCUT2D eigenvalue weighted by molar-refractivity contribution is 1.42. The van der Waals surface area contributed by atoms with Crippen molar-refractivity contribution < 1.29 is 0 Å². The van der Waals surface area contributed by atoms with E-state index in [1.165, 1.54) is 0 Å². The number of benzene rings is 2. The van der Waals surface area contributed by atoms with Gasteiger partial charge in [0, 0.05) is 22.7 Å². The average molecular weight is 290 g/mol. The fourth-order valence-corrected chi connectivity index (χ4v) is 2.31. The Balaban J connectivity index is 2.28. The third kappa shape index (κ3) is 3.67. The Kier molecular flexibility index (Phi) is 5.21. The summed E-state index contributed by atoms with van der Waals surface area (Å²) in [5.41, 5.74) is 11.7. The van der Waals surface area contributed by atoms with Gasteiger partial charge in [-0.25, -0.2) is 0 Å². The van der Waals surface area contributed by atoms with Crippen LogP contribution >= 0.6 is 0 Å². The molecule has 2 aromatic rings. The van der Waals surface area contributed by atoms with Crippen LogP contribution in [-0.4, -0.2) is 0 Å². The first kappa shape index (κ1) is 15.6. The minimum Gasteiger partial charge on any atom is -0.399 e. The number of nitrogens with one attached hydrogen (secondary N) is 1. The second kappa shape index (κ2) is 7.32. The van der Waals surface area contributed by atoms with Gasteiger partial charge in [0.2, 0.25) is 0 Å². The van der Waals surface area contributed by atoms with Gasteiger partial charge in [0.1, 0.15) is 0 Å². The van der Waals surface area contributed by atoms with E-state index in [1.807, 2.05) is 44.2 Å². The number of allylic oxidation sites excluding steroid dienone is 3. The lowest BCUT2D eigenvalue weighted by Crippen LogP contribution is -2.02. The molecule has 0 heterocycles. The lowest BCUT2D eigenvalue weighted by atomic mass is 10.00. The monoisotopic (exact) mass is 290 g/mol. The summed E-state index contributed by atoms with van der Waals surface area (Å²) >= 11 is 0. The number of anilines is 1. The third-order valence-corrected chi connectivity index (χ3v) is 3.49. The predicted molar refractivity (Wildman–Crippen MR) is 97.1 cm³/mol. The quantitative estimate of drug-likeness (QED) is 0.757. The molecule has 0 aliphatic rings. The summed E-state index contributed by atoms with van der Waals surface area (Å²) in [5.74, 6) is 0. The van der Waals surface area contributed by atoms with Gasteiger partial charge < -0.3 is 11.1 Å². The summed E-state index contributed by atoms with van der Waals surface area (Å²) in [7, 11) is 0. The van der Waals surface area contributed by atoms with Crippen molar-refractivity contribution in [3.05, 3.63) is 90.2 Å². The summed E-state index contributed by atoms with van der Waals surface area (Å²) in [6.45, 7) is 7.84. The van der Waals surface area contributed by atoms with Crippen molar-refractivity contribution in [3.63, 3.8) is 0 Å². The molecule has 2 heteroatoms. The smallest absolute Gasteiger partial charge is 0.0417 e. The molecular formula is C20H22N2. The molecule has 3 N–H and O–H groups in total. The molecule has 112 valence electrons. The van der Waals surface area contributed by atoms with Gasteiger partial charge in [-0.3, -0.25) is 0 Å². The third-order valence-electron chi connectivity index (χ3n) is 3.49. The van der Waals surface area contributed by atoms with Crippen molar-refractivity contribution in [2.45, 2.75) is 13.8 Å². The molecule has 0 bridgehead atoms. The maximum absolute atomic E-state index is 5.73. The zero-order valence-corrected chi connectivity index (χ0v) is 13.1. The Labute approximate surface area is 132 Å². The van der Waals surface area contributed by atoms with Crippen LogP contribution in [0.5, 0.6) is 0 Å². The SMILES string of the molecule is C=C(N)c1ccc(C(=C/C)/C(=C\C)Nc2ccccc2)cc1. The molecule has 0 atom stereocenters. The first-order chi connectivity index (χ1) is 10.7. The van der Waals surface area contributed by atoms with Crippen molar-refractivity contribution in [2.75, 3.05) is 5.32 Å². The van der Waals surface area contributed by atoms with Crippen LogP contribution in [0.4, 0.5) is 5.69 Å². The van der Waals surface area contributed by atoms with E-state index in [4.69, 9.17) is 5.73 Å². The van der Waals surface area contributed by atoms with Gasteiger partial charge >= 0.3 is 0 Å². The summed E-state index contributed by atoms with van der Waals surface area (Å²) in [6.07, 6.45) is 4.19. The minimum absolute atomic E-state index is 0.585. The molecule has 2 rings (SSSR count). The average Bonchev–Trinajstić information content (AvgIpc) is 2.56. The number of para-hydroxylation sites is 1. The van der Waals surface area contributed by atoms with Crippen molar-refractivity contribution in [1.82, 2.24) is 0 Å². The Morgan fingerprint density at radius 3 is 2.00 bits per heavy atom. The van der Waals surface area contributed by atoms with Crippen molar-refractivity contribution >= 4 is 17.0 Å². The normalized spacial score (nSPS) is 12.1. The van der Waals surface area contributed by atoms with E-state index in [0.29, 0.717) is 5.70 Å². The zero-order chi connectivity index (χ0) is 15.9.